The Kier molecular flexibility index (Phi) is 5.49. The van der Waals surface area contributed by atoms with Gasteiger partial charge in [-0.05, 0) is 36.6 Å². The van der Waals surface area contributed by atoms with Crippen LogP contribution in [0.3, 0.4) is 0 Å². The molecule has 29 heavy (non-hydrogen) atoms. The summed E-state index contributed by atoms with van der Waals surface area (Å²) >= 11 is 1.47. The Labute approximate surface area is 173 Å². The van der Waals surface area contributed by atoms with E-state index in [1.54, 1.807) is 4.57 Å². The van der Waals surface area contributed by atoms with Crippen molar-refractivity contribution in [2.45, 2.75) is 37.7 Å². The molecule has 0 amide bonds. The van der Waals surface area contributed by atoms with Crippen molar-refractivity contribution in [1.82, 2.24) is 19.5 Å². The lowest BCUT2D eigenvalue weighted by Crippen LogP contribution is -2.24. The van der Waals surface area contributed by atoms with Gasteiger partial charge in [-0.25, -0.2) is 15.0 Å². The Morgan fingerprint density at radius 3 is 2.34 bits per heavy atom. The fourth-order valence-corrected chi connectivity index (χ4v) is 4.07. The summed E-state index contributed by atoms with van der Waals surface area (Å²) in [5, 5.41) is 2.18. The summed E-state index contributed by atoms with van der Waals surface area (Å²) in [6.45, 7) is 4.94. The molecule has 148 valence electrons. The number of aromatic nitrogens is 4. The highest BCUT2D eigenvalue weighted by atomic mass is 32.2. The van der Waals surface area contributed by atoms with Crippen LogP contribution in [-0.2, 0) is 12.3 Å². The van der Waals surface area contributed by atoms with Crippen LogP contribution in [0.4, 0.5) is 5.82 Å². The second-order valence-electron chi connectivity index (χ2n) is 7.38. The van der Waals surface area contributed by atoms with E-state index in [0.29, 0.717) is 45.9 Å². The lowest BCUT2D eigenvalue weighted by Gasteiger charge is -2.14. The molecule has 0 aliphatic carbocycles. The van der Waals surface area contributed by atoms with Crippen molar-refractivity contribution in [3.05, 3.63) is 64.7 Å². The van der Waals surface area contributed by atoms with Gasteiger partial charge >= 0.3 is 0 Å². The zero-order chi connectivity index (χ0) is 20.4. The number of anilines is 1. The van der Waals surface area contributed by atoms with Crippen molar-refractivity contribution in [3.8, 4) is 0 Å². The molecule has 0 radical (unpaired) electrons. The van der Waals surface area contributed by atoms with E-state index in [1.807, 2.05) is 48.5 Å². The zero-order valence-electron chi connectivity index (χ0n) is 16.5. The van der Waals surface area contributed by atoms with Gasteiger partial charge in [0.1, 0.15) is 11.6 Å². The molecule has 0 spiro atoms. The molecule has 0 saturated heterocycles. The molecule has 4 aromatic rings. The molecule has 0 fully saturated rings. The fraction of sp³-hybridized carbons (Fsp3) is 0.273. The van der Waals surface area contributed by atoms with Crippen LogP contribution in [0.15, 0.2) is 58.5 Å². The Morgan fingerprint density at radius 1 is 0.966 bits per heavy atom. The summed E-state index contributed by atoms with van der Waals surface area (Å²) in [4.78, 5) is 26.9. The van der Waals surface area contributed by atoms with E-state index in [0.717, 1.165) is 17.3 Å². The van der Waals surface area contributed by atoms with Gasteiger partial charge < -0.3 is 5.73 Å². The molecule has 4 rings (SSSR count). The number of nitrogen functional groups attached to an aromatic ring is 1. The van der Waals surface area contributed by atoms with Crippen LogP contribution in [0.25, 0.3) is 21.8 Å². The van der Waals surface area contributed by atoms with Gasteiger partial charge in [0, 0.05) is 11.9 Å². The van der Waals surface area contributed by atoms with Crippen LogP contribution in [0.2, 0.25) is 0 Å². The monoisotopic (exact) mass is 405 g/mol. The number of fused-ring (bicyclic) bond motifs is 2. The smallest absolute Gasteiger partial charge is 0.262 e. The average molecular weight is 406 g/mol. The summed E-state index contributed by atoms with van der Waals surface area (Å²) in [7, 11) is 0. The average Bonchev–Trinajstić information content (AvgIpc) is 2.71. The van der Waals surface area contributed by atoms with Crippen molar-refractivity contribution in [1.29, 1.82) is 0 Å². The maximum atomic E-state index is 13.1. The minimum Gasteiger partial charge on any atom is -0.383 e. The summed E-state index contributed by atoms with van der Waals surface area (Å²) in [5.41, 5.74) is 7.63. The first-order valence-electron chi connectivity index (χ1n) is 9.66. The molecule has 0 saturated carbocycles. The summed E-state index contributed by atoms with van der Waals surface area (Å²) in [6, 6.07) is 15.2. The van der Waals surface area contributed by atoms with Crippen LogP contribution in [0, 0.1) is 5.92 Å². The van der Waals surface area contributed by atoms with Gasteiger partial charge in [-0.2, -0.15) is 0 Å². The maximum absolute atomic E-state index is 13.1. The van der Waals surface area contributed by atoms with Gasteiger partial charge in [-0.1, -0.05) is 49.9 Å². The highest BCUT2D eigenvalue weighted by Gasteiger charge is 2.13. The quantitative estimate of drug-likeness (QED) is 0.381. The van der Waals surface area contributed by atoms with E-state index in [4.69, 9.17) is 10.7 Å². The topological polar surface area (TPSA) is 86.7 Å². The lowest BCUT2D eigenvalue weighted by molar-refractivity contribution is 0.481. The second-order valence-corrected chi connectivity index (χ2v) is 8.32. The van der Waals surface area contributed by atoms with Crippen LogP contribution in [0.5, 0.6) is 0 Å². The molecule has 6 nitrogen and oxygen atoms in total. The van der Waals surface area contributed by atoms with E-state index in [-0.39, 0.29) is 5.56 Å². The maximum Gasteiger partial charge on any atom is 0.262 e. The largest absolute Gasteiger partial charge is 0.383 e. The molecular formula is C22H23N5OS. The van der Waals surface area contributed by atoms with Gasteiger partial charge in [0.25, 0.3) is 5.56 Å². The molecule has 2 N–H and O–H groups in total. The van der Waals surface area contributed by atoms with E-state index >= 15 is 0 Å². The standard InChI is InChI=1S/C22H23N5OS/c1-14(2)11-12-27-21(28)16-8-4-6-10-18(16)25-22(27)29-13-19-24-17-9-5-3-7-15(17)20(23)26-19/h3-10,14H,11-13H2,1-2H3,(H2,23,24,26). The van der Waals surface area contributed by atoms with Crippen LogP contribution >= 0.6 is 11.8 Å². The number of rotatable bonds is 6. The predicted octanol–water partition coefficient (Wildman–Crippen LogP) is 4.26. The van der Waals surface area contributed by atoms with Gasteiger partial charge in [0.2, 0.25) is 0 Å². The fourth-order valence-electron chi connectivity index (χ4n) is 3.19. The third-order valence-corrected chi connectivity index (χ3v) is 5.74. The number of benzene rings is 2. The van der Waals surface area contributed by atoms with E-state index < -0.39 is 0 Å². The third kappa shape index (κ3) is 4.10. The first-order valence-corrected chi connectivity index (χ1v) is 10.6. The summed E-state index contributed by atoms with van der Waals surface area (Å²) < 4.78 is 1.78. The Morgan fingerprint density at radius 2 is 1.62 bits per heavy atom. The molecule has 2 aromatic heterocycles. The van der Waals surface area contributed by atoms with Crippen molar-refractivity contribution in [2.24, 2.45) is 5.92 Å². The van der Waals surface area contributed by atoms with Crippen molar-refractivity contribution < 1.29 is 0 Å². The van der Waals surface area contributed by atoms with E-state index in [1.165, 1.54) is 11.8 Å². The Bertz CT molecular complexity index is 1240. The molecule has 7 heteroatoms. The molecule has 2 aromatic carbocycles. The number of thioether (sulfide) groups is 1. The normalized spacial score (nSPS) is 11.6. The van der Waals surface area contributed by atoms with Crippen molar-refractivity contribution >= 4 is 39.4 Å². The van der Waals surface area contributed by atoms with Crippen LogP contribution in [0.1, 0.15) is 26.1 Å². The van der Waals surface area contributed by atoms with Crippen molar-refractivity contribution in [2.75, 3.05) is 5.73 Å². The molecular weight excluding hydrogens is 382 g/mol. The zero-order valence-corrected chi connectivity index (χ0v) is 17.3. The van der Waals surface area contributed by atoms with Crippen LogP contribution < -0.4 is 11.3 Å². The third-order valence-electron chi connectivity index (χ3n) is 4.77. The number of nitrogens with zero attached hydrogens (tertiary/aromatic N) is 4. The van der Waals surface area contributed by atoms with Crippen molar-refractivity contribution in [3.63, 3.8) is 0 Å². The number of nitrogens with two attached hydrogens (primary N) is 1. The number of hydrogen-bond donors (Lipinski definition) is 1. The molecule has 2 heterocycles. The second kappa shape index (κ2) is 8.21. The highest BCUT2D eigenvalue weighted by molar-refractivity contribution is 7.98. The summed E-state index contributed by atoms with van der Waals surface area (Å²) in [6.07, 6.45) is 0.910. The number of hydrogen-bond acceptors (Lipinski definition) is 6. The first kappa shape index (κ1) is 19.4. The minimum atomic E-state index is -0.00214. The minimum absolute atomic E-state index is 0.00214. The van der Waals surface area contributed by atoms with E-state index in [9.17, 15) is 4.79 Å². The van der Waals surface area contributed by atoms with E-state index in [2.05, 4.69) is 23.8 Å². The SMILES string of the molecule is CC(C)CCn1c(SCc2nc(N)c3ccccc3n2)nc2ccccc2c1=O. The highest BCUT2D eigenvalue weighted by Crippen LogP contribution is 2.24. The summed E-state index contributed by atoms with van der Waals surface area (Å²) in [5.74, 6) is 2.08. The van der Waals surface area contributed by atoms with Gasteiger partial charge in [0.05, 0.1) is 22.2 Å². The molecule has 0 aliphatic heterocycles. The Hall–Kier alpha value is -2.93. The van der Waals surface area contributed by atoms with Gasteiger partial charge in [-0.15, -0.1) is 0 Å². The van der Waals surface area contributed by atoms with Gasteiger partial charge in [-0.3, -0.25) is 9.36 Å². The molecule has 0 unspecified atom stereocenters. The first-order chi connectivity index (χ1) is 14.0. The predicted molar refractivity (Wildman–Crippen MR) is 119 cm³/mol. The van der Waals surface area contributed by atoms with Crippen LogP contribution in [-0.4, -0.2) is 19.5 Å². The Balaban J connectivity index is 1.69. The lowest BCUT2D eigenvalue weighted by atomic mass is 10.1. The number of para-hydroxylation sites is 2. The molecule has 0 bridgehead atoms. The van der Waals surface area contributed by atoms with Gasteiger partial charge in [0.15, 0.2) is 5.16 Å². The molecule has 0 atom stereocenters. The molecule has 0 aliphatic rings.